The first-order chi connectivity index (χ1) is 8.72. The minimum absolute atomic E-state index is 0.0282. The van der Waals surface area contributed by atoms with Crippen LogP contribution in [-0.2, 0) is 4.74 Å². The van der Waals surface area contributed by atoms with E-state index in [0.29, 0.717) is 31.4 Å². The van der Waals surface area contributed by atoms with Crippen molar-refractivity contribution >= 4 is 11.8 Å². The molecular formula is C11H19N5O2. The lowest BCUT2D eigenvalue weighted by molar-refractivity contribution is 0.153. The molecule has 1 aromatic heterocycles. The van der Waals surface area contributed by atoms with Gasteiger partial charge in [0.05, 0.1) is 6.61 Å². The van der Waals surface area contributed by atoms with Gasteiger partial charge in [-0.25, -0.2) is 9.97 Å². The minimum atomic E-state index is -0.0282. The van der Waals surface area contributed by atoms with E-state index in [9.17, 15) is 0 Å². The Kier molecular flexibility index (Phi) is 5.86. The van der Waals surface area contributed by atoms with Crippen molar-refractivity contribution in [2.24, 2.45) is 10.9 Å². The normalized spacial score (nSPS) is 11.6. The summed E-state index contributed by atoms with van der Waals surface area (Å²) < 4.78 is 5.30. The molecule has 0 saturated carbocycles. The van der Waals surface area contributed by atoms with Gasteiger partial charge in [-0.1, -0.05) is 5.16 Å². The number of oxime groups is 1. The van der Waals surface area contributed by atoms with E-state index in [1.165, 1.54) is 0 Å². The fourth-order valence-electron chi connectivity index (χ4n) is 1.41. The number of ether oxygens (including phenoxy) is 1. The Morgan fingerprint density at radius 3 is 2.94 bits per heavy atom. The van der Waals surface area contributed by atoms with E-state index in [1.54, 1.807) is 12.3 Å². The summed E-state index contributed by atoms with van der Waals surface area (Å²) in [6.07, 6.45) is 1.58. The smallest absolute Gasteiger partial charge is 0.226 e. The highest BCUT2D eigenvalue weighted by molar-refractivity contribution is 5.95. The number of rotatable bonds is 7. The number of aromatic nitrogens is 2. The van der Waals surface area contributed by atoms with E-state index in [2.05, 4.69) is 15.1 Å². The molecule has 1 aromatic rings. The molecule has 0 aliphatic rings. The molecule has 100 valence electrons. The van der Waals surface area contributed by atoms with Crippen LogP contribution in [0.1, 0.15) is 19.5 Å². The third-order valence-corrected chi connectivity index (χ3v) is 2.39. The summed E-state index contributed by atoms with van der Waals surface area (Å²) in [6.45, 7) is 6.71. The molecule has 7 nitrogen and oxygen atoms in total. The van der Waals surface area contributed by atoms with Gasteiger partial charge in [-0.05, 0) is 19.9 Å². The number of nitrogens with two attached hydrogens (primary N) is 1. The second-order valence-electron chi connectivity index (χ2n) is 3.50. The fraction of sp³-hybridized carbons (Fsp3) is 0.545. The SMILES string of the molecule is CCOCCN(CC)c1nccc(/C(N)=N/O)n1. The standard InChI is InChI=1S/C11H19N5O2/c1-3-16(7-8-18-4-2)11-13-6-5-9(14-11)10(12)15-17/h5-6,17H,3-4,7-8H2,1-2H3,(H2,12,15). The topological polar surface area (TPSA) is 96.9 Å². The first-order valence-corrected chi connectivity index (χ1v) is 5.86. The summed E-state index contributed by atoms with van der Waals surface area (Å²) in [5, 5.41) is 11.5. The zero-order valence-electron chi connectivity index (χ0n) is 10.7. The third-order valence-electron chi connectivity index (χ3n) is 2.39. The maximum atomic E-state index is 8.62. The van der Waals surface area contributed by atoms with Gasteiger partial charge in [-0.2, -0.15) is 0 Å². The molecule has 1 heterocycles. The van der Waals surface area contributed by atoms with Gasteiger partial charge in [-0.3, -0.25) is 0 Å². The molecule has 0 bridgehead atoms. The van der Waals surface area contributed by atoms with Gasteiger partial charge in [0, 0.05) is 25.9 Å². The van der Waals surface area contributed by atoms with Gasteiger partial charge in [-0.15, -0.1) is 0 Å². The monoisotopic (exact) mass is 253 g/mol. The largest absolute Gasteiger partial charge is 0.409 e. The molecule has 0 fully saturated rings. The zero-order valence-corrected chi connectivity index (χ0v) is 10.7. The van der Waals surface area contributed by atoms with Crippen molar-refractivity contribution in [1.29, 1.82) is 0 Å². The molecule has 0 spiro atoms. The number of hydrogen-bond acceptors (Lipinski definition) is 6. The zero-order chi connectivity index (χ0) is 13.4. The van der Waals surface area contributed by atoms with E-state index >= 15 is 0 Å². The molecule has 0 radical (unpaired) electrons. The molecule has 1 rings (SSSR count). The minimum Gasteiger partial charge on any atom is -0.409 e. The van der Waals surface area contributed by atoms with Crippen molar-refractivity contribution in [3.63, 3.8) is 0 Å². The summed E-state index contributed by atoms with van der Waals surface area (Å²) in [6, 6.07) is 1.59. The molecule has 0 atom stereocenters. The van der Waals surface area contributed by atoms with Crippen LogP contribution < -0.4 is 10.6 Å². The maximum Gasteiger partial charge on any atom is 0.226 e. The van der Waals surface area contributed by atoms with Crippen LogP contribution in [0.3, 0.4) is 0 Å². The van der Waals surface area contributed by atoms with Crippen LogP contribution in [-0.4, -0.2) is 47.3 Å². The lowest BCUT2D eigenvalue weighted by Crippen LogP contribution is -2.29. The Bertz CT molecular complexity index is 397. The fourth-order valence-corrected chi connectivity index (χ4v) is 1.41. The van der Waals surface area contributed by atoms with Gasteiger partial charge in [0.2, 0.25) is 5.95 Å². The van der Waals surface area contributed by atoms with E-state index in [0.717, 1.165) is 6.54 Å². The molecule has 0 aliphatic carbocycles. The first-order valence-electron chi connectivity index (χ1n) is 5.86. The maximum absolute atomic E-state index is 8.62. The quantitative estimate of drug-likeness (QED) is 0.240. The summed E-state index contributed by atoms with van der Waals surface area (Å²) >= 11 is 0. The molecule has 0 unspecified atom stereocenters. The third kappa shape index (κ3) is 3.85. The number of hydrogen-bond donors (Lipinski definition) is 2. The van der Waals surface area contributed by atoms with Crippen molar-refractivity contribution in [3.05, 3.63) is 18.0 Å². The molecular weight excluding hydrogens is 234 g/mol. The van der Waals surface area contributed by atoms with Crippen LogP contribution in [0.5, 0.6) is 0 Å². The van der Waals surface area contributed by atoms with Crippen molar-refractivity contribution in [2.75, 3.05) is 31.2 Å². The Balaban J connectivity index is 2.79. The molecule has 0 amide bonds. The second kappa shape index (κ2) is 7.44. The van der Waals surface area contributed by atoms with Gasteiger partial charge < -0.3 is 20.6 Å². The van der Waals surface area contributed by atoms with Crippen molar-refractivity contribution in [2.45, 2.75) is 13.8 Å². The average molecular weight is 253 g/mol. The van der Waals surface area contributed by atoms with Gasteiger partial charge in [0.15, 0.2) is 5.84 Å². The van der Waals surface area contributed by atoms with Gasteiger partial charge in [0.25, 0.3) is 0 Å². The molecule has 0 saturated heterocycles. The van der Waals surface area contributed by atoms with Crippen molar-refractivity contribution in [1.82, 2.24) is 9.97 Å². The predicted octanol–water partition coefficient (Wildman–Crippen LogP) is 0.434. The average Bonchev–Trinajstić information content (AvgIpc) is 2.43. The highest BCUT2D eigenvalue weighted by Crippen LogP contribution is 2.07. The van der Waals surface area contributed by atoms with E-state index in [1.807, 2.05) is 18.7 Å². The second-order valence-corrected chi connectivity index (χ2v) is 3.50. The Morgan fingerprint density at radius 2 is 2.33 bits per heavy atom. The summed E-state index contributed by atoms with van der Waals surface area (Å²) in [5.74, 6) is 0.515. The number of likely N-dealkylation sites (N-methyl/N-ethyl adjacent to an activating group) is 1. The van der Waals surface area contributed by atoms with E-state index in [-0.39, 0.29) is 5.84 Å². The molecule has 7 heteroatoms. The van der Waals surface area contributed by atoms with Crippen molar-refractivity contribution in [3.8, 4) is 0 Å². The van der Waals surface area contributed by atoms with Gasteiger partial charge in [0.1, 0.15) is 5.69 Å². The lowest BCUT2D eigenvalue weighted by atomic mass is 10.4. The summed E-state index contributed by atoms with van der Waals surface area (Å²) in [5.41, 5.74) is 5.89. The van der Waals surface area contributed by atoms with E-state index < -0.39 is 0 Å². The summed E-state index contributed by atoms with van der Waals surface area (Å²) in [7, 11) is 0. The van der Waals surface area contributed by atoms with Crippen LogP contribution >= 0.6 is 0 Å². The van der Waals surface area contributed by atoms with E-state index in [4.69, 9.17) is 15.7 Å². The molecule has 0 aromatic carbocycles. The van der Waals surface area contributed by atoms with Crippen LogP contribution in [0.2, 0.25) is 0 Å². The Labute approximate surface area is 106 Å². The Morgan fingerprint density at radius 1 is 1.56 bits per heavy atom. The van der Waals surface area contributed by atoms with Crippen LogP contribution in [0.15, 0.2) is 17.4 Å². The molecule has 0 aliphatic heterocycles. The first kappa shape index (κ1) is 14.2. The Hall–Kier alpha value is -1.89. The van der Waals surface area contributed by atoms with Crippen LogP contribution in [0.4, 0.5) is 5.95 Å². The summed E-state index contributed by atoms with van der Waals surface area (Å²) in [4.78, 5) is 10.4. The van der Waals surface area contributed by atoms with Gasteiger partial charge >= 0.3 is 0 Å². The highest BCUT2D eigenvalue weighted by atomic mass is 16.5. The number of amidine groups is 1. The molecule has 18 heavy (non-hydrogen) atoms. The lowest BCUT2D eigenvalue weighted by Gasteiger charge is -2.20. The highest BCUT2D eigenvalue weighted by Gasteiger charge is 2.09. The number of nitrogens with zero attached hydrogens (tertiary/aromatic N) is 4. The van der Waals surface area contributed by atoms with Crippen LogP contribution in [0.25, 0.3) is 0 Å². The van der Waals surface area contributed by atoms with Crippen LogP contribution in [0, 0.1) is 0 Å². The molecule has 3 N–H and O–H groups in total. The van der Waals surface area contributed by atoms with Crippen molar-refractivity contribution < 1.29 is 9.94 Å². The number of anilines is 1. The predicted molar refractivity (Wildman–Crippen MR) is 68.9 cm³/mol.